The molecule has 0 unspecified atom stereocenters. The monoisotopic (exact) mass is 187 g/mol. The number of nitrogens with one attached hydrogen (secondary N) is 1. The summed E-state index contributed by atoms with van der Waals surface area (Å²) in [7, 11) is 0. The third kappa shape index (κ3) is 1.32. The maximum Gasteiger partial charge on any atom is 0.134 e. The molecule has 0 aliphatic carbocycles. The Kier molecular flexibility index (Phi) is 1.81. The molecule has 2 heterocycles. The fourth-order valence-electron chi connectivity index (χ4n) is 1.91. The van der Waals surface area contributed by atoms with Gasteiger partial charge in [0.25, 0.3) is 0 Å². The maximum atomic E-state index is 5.75. The first-order chi connectivity index (χ1) is 6.92. The zero-order chi connectivity index (χ0) is 9.38. The summed E-state index contributed by atoms with van der Waals surface area (Å²) in [5, 5.41) is 4.49. The van der Waals surface area contributed by atoms with Crippen LogP contribution in [0.15, 0.2) is 34.7 Å². The van der Waals surface area contributed by atoms with E-state index in [9.17, 15) is 0 Å². The van der Waals surface area contributed by atoms with Gasteiger partial charge in [-0.3, -0.25) is 0 Å². The number of furan rings is 1. The summed E-state index contributed by atoms with van der Waals surface area (Å²) in [6.45, 7) is 2.27. The topological polar surface area (TPSA) is 25.2 Å². The molecule has 0 bridgehead atoms. The molecule has 2 heteroatoms. The van der Waals surface area contributed by atoms with Crippen molar-refractivity contribution in [3.63, 3.8) is 0 Å². The average Bonchev–Trinajstić information content (AvgIpc) is 2.53. The van der Waals surface area contributed by atoms with Crippen LogP contribution in [0, 0.1) is 5.92 Å². The van der Waals surface area contributed by atoms with Crippen LogP contribution >= 0.6 is 0 Å². The molecular formula is C12H13NO. The molecule has 2 nitrogen and oxygen atoms in total. The van der Waals surface area contributed by atoms with Crippen molar-refractivity contribution >= 4 is 11.0 Å². The number of hydrogen-bond acceptors (Lipinski definition) is 2. The normalized spacial score (nSPS) is 17.1. The van der Waals surface area contributed by atoms with Crippen LogP contribution in [0.1, 0.15) is 5.76 Å². The van der Waals surface area contributed by atoms with Gasteiger partial charge in [-0.15, -0.1) is 0 Å². The number of para-hydroxylation sites is 1. The average molecular weight is 187 g/mol. The predicted molar refractivity (Wildman–Crippen MR) is 56.3 cm³/mol. The summed E-state index contributed by atoms with van der Waals surface area (Å²) in [6, 6.07) is 10.3. The summed E-state index contributed by atoms with van der Waals surface area (Å²) < 4.78 is 5.75. The first kappa shape index (κ1) is 8.06. The lowest BCUT2D eigenvalue weighted by atomic mass is 9.98. The minimum Gasteiger partial charge on any atom is -0.461 e. The summed E-state index contributed by atoms with van der Waals surface area (Å²) >= 11 is 0. The molecule has 0 saturated carbocycles. The Bertz CT molecular complexity index is 409. The van der Waals surface area contributed by atoms with Gasteiger partial charge >= 0.3 is 0 Å². The Hall–Kier alpha value is -1.28. The van der Waals surface area contributed by atoms with Crippen LogP contribution in [-0.4, -0.2) is 13.1 Å². The minimum atomic E-state index is 0.774. The highest BCUT2D eigenvalue weighted by Gasteiger charge is 2.18. The van der Waals surface area contributed by atoms with E-state index < -0.39 is 0 Å². The molecule has 1 aliphatic heterocycles. The molecule has 72 valence electrons. The van der Waals surface area contributed by atoms with Crippen molar-refractivity contribution in [2.24, 2.45) is 5.92 Å². The first-order valence-corrected chi connectivity index (χ1v) is 5.10. The van der Waals surface area contributed by atoms with Crippen LogP contribution < -0.4 is 5.32 Å². The van der Waals surface area contributed by atoms with Gasteiger partial charge < -0.3 is 9.73 Å². The van der Waals surface area contributed by atoms with E-state index in [0.717, 1.165) is 36.8 Å². The Labute approximate surface area is 82.9 Å². The molecule has 0 amide bonds. The quantitative estimate of drug-likeness (QED) is 0.779. The van der Waals surface area contributed by atoms with Gasteiger partial charge in [0.2, 0.25) is 0 Å². The lowest BCUT2D eigenvalue weighted by molar-refractivity contribution is 0.327. The molecule has 14 heavy (non-hydrogen) atoms. The van der Waals surface area contributed by atoms with E-state index in [-0.39, 0.29) is 0 Å². The Morgan fingerprint density at radius 2 is 2.14 bits per heavy atom. The third-order valence-electron chi connectivity index (χ3n) is 2.83. The zero-order valence-electron chi connectivity index (χ0n) is 7.99. The SMILES string of the molecule is c1ccc2oc(CC3CNC3)cc2c1. The number of rotatable bonds is 2. The van der Waals surface area contributed by atoms with Gasteiger partial charge in [0.05, 0.1) is 0 Å². The fraction of sp³-hybridized carbons (Fsp3) is 0.333. The van der Waals surface area contributed by atoms with Gasteiger partial charge in [0.15, 0.2) is 0 Å². The van der Waals surface area contributed by atoms with Crippen LogP contribution in [0.2, 0.25) is 0 Å². The van der Waals surface area contributed by atoms with Crippen LogP contribution in [0.25, 0.3) is 11.0 Å². The summed E-state index contributed by atoms with van der Waals surface area (Å²) in [6.07, 6.45) is 1.07. The number of hydrogen-bond donors (Lipinski definition) is 1. The Morgan fingerprint density at radius 3 is 2.86 bits per heavy atom. The fourth-order valence-corrected chi connectivity index (χ4v) is 1.91. The lowest BCUT2D eigenvalue weighted by Crippen LogP contribution is -2.42. The number of benzene rings is 1. The highest BCUT2D eigenvalue weighted by molar-refractivity contribution is 5.77. The van der Waals surface area contributed by atoms with E-state index in [1.54, 1.807) is 0 Å². The van der Waals surface area contributed by atoms with E-state index in [0.29, 0.717) is 0 Å². The second-order valence-corrected chi connectivity index (χ2v) is 3.98. The highest BCUT2D eigenvalue weighted by Crippen LogP contribution is 2.21. The minimum absolute atomic E-state index is 0.774. The second kappa shape index (κ2) is 3.14. The molecule has 0 spiro atoms. The standard InChI is InChI=1S/C12H13NO/c1-2-4-12-10(3-1)6-11(14-12)5-9-7-13-8-9/h1-4,6,9,13H,5,7-8H2. The molecule has 0 radical (unpaired) electrons. The summed E-state index contributed by atoms with van der Waals surface area (Å²) in [4.78, 5) is 0. The molecule has 0 atom stereocenters. The van der Waals surface area contributed by atoms with Gasteiger partial charge in [0, 0.05) is 11.8 Å². The van der Waals surface area contributed by atoms with E-state index in [1.807, 2.05) is 18.2 Å². The third-order valence-corrected chi connectivity index (χ3v) is 2.83. The Morgan fingerprint density at radius 1 is 1.29 bits per heavy atom. The maximum absolute atomic E-state index is 5.75. The van der Waals surface area contributed by atoms with E-state index >= 15 is 0 Å². The van der Waals surface area contributed by atoms with E-state index in [4.69, 9.17) is 4.42 Å². The Balaban J connectivity index is 1.89. The van der Waals surface area contributed by atoms with Crippen molar-refractivity contribution in [1.82, 2.24) is 5.32 Å². The second-order valence-electron chi connectivity index (χ2n) is 3.98. The molecule has 1 saturated heterocycles. The molecule has 1 fully saturated rings. The van der Waals surface area contributed by atoms with E-state index in [2.05, 4.69) is 17.4 Å². The highest BCUT2D eigenvalue weighted by atomic mass is 16.3. The summed E-state index contributed by atoms with van der Waals surface area (Å²) in [5.41, 5.74) is 1.01. The van der Waals surface area contributed by atoms with Gasteiger partial charge in [0.1, 0.15) is 11.3 Å². The molecule has 1 aromatic heterocycles. The summed E-state index contributed by atoms with van der Waals surface area (Å²) in [5.74, 6) is 1.90. The van der Waals surface area contributed by atoms with Gasteiger partial charge in [-0.2, -0.15) is 0 Å². The van der Waals surface area contributed by atoms with Crippen molar-refractivity contribution in [2.45, 2.75) is 6.42 Å². The molecular weight excluding hydrogens is 174 g/mol. The predicted octanol–water partition coefficient (Wildman–Crippen LogP) is 2.19. The molecule has 1 N–H and O–H groups in total. The van der Waals surface area contributed by atoms with Crippen molar-refractivity contribution in [3.8, 4) is 0 Å². The van der Waals surface area contributed by atoms with Crippen molar-refractivity contribution in [2.75, 3.05) is 13.1 Å². The van der Waals surface area contributed by atoms with Crippen LogP contribution in [0.4, 0.5) is 0 Å². The molecule has 3 rings (SSSR count). The van der Waals surface area contributed by atoms with Crippen LogP contribution in [0.3, 0.4) is 0 Å². The largest absolute Gasteiger partial charge is 0.461 e. The molecule has 1 aliphatic rings. The van der Waals surface area contributed by atoms with Gasteiger partial charge in [-0.25, -0.2) is 0 Å². The van der Waals surface area contributed by atoms with Crippen molar-refractivity contribution < 1.29 is 4.42 Å². The van der Waals surface area contributed by atoms with Crippen LogP contribution in [-0.2, 0) is 6.42 Å². The van der Waals surface area contributed by atoms with E-state index in [1.165, 1.54) is 5.39 Å². The molecule has 2 aromatic rings. The van der Waals surface area contributed by atoms with Crippen molar-refractivity contribution in [1.29, 1.82) is 0 Å². The zero-order valence-corrected chi connectivity index (χ0v) is 7.99. The van der Waals surface area contributed by atoms with Crippen LogP contribution in [0.5, 0.6) is 0 Å². The smallest absolute Gasteiger partial charge is 0.134 e. The first-order valence-electron chi connectivity index (χ1n) is 5.10. The number of fused-ring (bicyclic) bond motifs is 1. The lowest BCUT2D eigenvalue weighted by Gasteiger charge is -2.25. The van der Waals surface area contributed by atoms with Gasteiger partial charge in [-0.1, -0.05) is 18.2 Å². The van der Waals surface area contributed by atoms with Crippen molar-refractivity contribution in [3.05, 3.63) is 36.1 Å². The molecule has 1 aromatic carbocycles. The van der Waals surface area contributed by atoms with Gasteiger partial charge in [-0.05, 0) is 31.1 Å².